The molecule has 0 spiro atoms. The Bertz CT molecular complexity index is 488. The van der Waals surface area contributed by atoms with Gasteiger partial charge in [0, 0.05) is 19.3 Å². The molecule has 0 aliphatic carbocycles. The summed E-state index contributed by atoms with van der Waals surface area (Å²) in [6.45, 7) is 1.73. The van der Waals surface area contributed by atoms with Crippen LogP contribution >= 0.6 is 0 Å². The lowest BCUT2D eigenvalue weighted by atomic mass is 10.2. The molecule has 0 bridgehead atoms. The second-order valence-corrected chi connectivity index (χ2v) is 6.69. The molecule has 0 fully saturated rings. The molecule has 0 aliphatic rings. The van der Waals surface area contributed by atoms with Crippen molar-refractivity contribution < 1.29 is 13.2 Å². The van der Waals surface area contributed by atoms with E-state index in [1.54, 1.807) is 7.11 Å². The predicted octanol–water partition coefficient (Wildman–Crippen LogP) is 0.895. The predicted molar refractivity (Wildman–Crippen MR) is 78.6 cm³/mol. The molecule has 0 heterocycles. The van der Waals surface area contributed by atoms with Crippen molar-refractivity contribution in [2.75, 3.05) is 43.7 Å². The number of sulfone groups is 1. The Kier molecular flexibility index (Phi) is 6.11. The minimum atomic E-state index is -2.99. The Hall–Kier alpha value is -1.27. The summed E-state index contributed by atoms with van der Waals surface area (Å²) in [4.78, 5) is 2.01. The van der Waals surface area contributed by atoms with E-state index >= 15 is 0 Å². The van der Waals surface area contributed by atoms with Crippen LogP contribution in [0.1, 0.15) is 6.42 Å². The van der Waals surface area contributed by atoms with E-state index in [2.05, 4.69) is 0 Å². The van der Waals surface area contributed by atoms with Gasteiger partial charge >= 0.3 is 0 Å². The van der Waals surface area contributed by atoms with Gasteiger partial charge in [-0.1, -0.05) is 12.1 Å². The highest BCUT2D eigenvalue weighted by Crippen LogP contribution is 2.27. The van der Waals surface area contributed by atoms with Crippen molar-refractivity contribution in [2.45, 2.75) is 6.42 Å². The van der Waals surface area contributed by atoms with Gasteiger partial charge in [-0.2, -0.15) is 0 Å². The van der Waals surface area contributed by atoms with E-state index < -0.39 is 9.84 Å². The standard InChI is InChI=1S/C13H22N2O3S/c1-18-13-7-4-3-6-12(13)15(9-5-8-14)10-11-19(2,16)17/h3-4,6-7H,5,8-11,14H2,1-2H3. The Morgan fingerprint density at radius 1 is 1.26 bits per heavy atom. The molecular formula is C13H22N2O3S. The lowest BCUT2D eigenvalue weighted by Crippen LogP contribution is -2.31. The number of nitrogens with zero attached hydrogens (tertiary/aromatic N) is 1. The Morgan fingerprint density at radius 2 is 1.95 bits per heavy atom. The van der Waals surface area contributed by atoms with Crippen molar-refractivity contribution in [3.63, 3.8) is 0 Å². The molecule has 1 rings (SSSR count). The second kappa shape index (κ2) is 7.35. The minimum absolute atomic E-state index is 0.121. The fourth-order valence-electron chi connectivity index (χ4n) is 1.80. The van der Waals surface area contributed by atoms with Crippen LogP contribution in [0.5, 0.6) is 5.75 Å². The van der Waals surface area contributed by atoms with E-state index in [0.29, 0.717) is 19.6 Å². The second-order valence-electron chi connectivity index (χ2n) is 4.43. The number of hydrogen-bond acceptors (Lipinski definition) is 5. The number of benzene rings is 1. The Labute approximate surface area is 115 Å². The molecule has 0 aliphatic heterocycles. The largest absolute Gasteiger partial charge is 0.495 e. The van der Waals surface area contributed by atoms with E-state index in [1.807, 2.05) is 29.2 Å². The first-order valence-corrected chi connectivity index (χ1v) is 8.29. The smallest absolute Gasteiger partial charge is 0.149 e. The van der Waals surface area contributed by atoms with E-state index in [4.69, 9.17) is 10.5 Å². The van der Waals surface area contributed by atoms with Crippen LogP contribution in [0.2, 0.25) is 0 Å². The number of nitrogens with two attached hydrogens (primary N) is 1. The molecule has 0 aromatic heterocycles. The molecule has 2 N–H and O–H groups in total. The van der Waals surface area contributed by atoms with Crippen molar-refractivity contribution in [3.8, 4) is 5.75 Å². The maximum atomic E-state index is 11.3. The van der Waals surface area contributed by atoms with Crippen LogP contribution in [0, 0.1) is 0 Å². The Balaban J connectivity index is 2.88. The van der Waals surface area contributed by atoms with Crippen LogP contribution in [-0.4, -0.2) is 47.2 Å². The first-order valence-electron chi connectivity index (χ1n) is 6.23. The van der Waals surface area contributed by atoms with Crippen LogP contribution in [0.3, 0.4) is 0 Å². The third kappa shape index (κ3) is 5.48. The molecular weight excluding hydrogens is 264 g/mol. The van der Waals surface area contributed by atoms with Gasteiger partial charge in [0.2, 0.25) is 0 Å². The molecule has 0 radical (unpaired) electrons. The average Bonchev–Trinajstić information content (AvgIpc) is 2.38. The maximum Gasteiger partial charge on any atom is 0.149 e. The van der Waals surface area contributed by atoms with E-state index in [9.17, 15) is 8.42 Å². The zero-order valence-electron chi connectivity index (χ0n) is 11.5. The third-order valence-corrected chi connectivity index (χ3v) is 3.71. The summed E-state index contributed by atoms with van der Waals surface area (Å²) >= 11 is 0. The minimum Gasteiger partial charge on any atom is -0.495 e. The Morgan fingerprint density at radius 3 is 2.53 bits per heavy atom. The summed E-state index contributed by atoms with van der Waals surface area (Å²) in [5.41, 5.74) is 6.44. The lowest BCUT2D eigenvalue weighted by Gasteiger charge is -2.26. The molecule has 6 heteroatoms. The van der Waals surface area contributed by atoms with E-state index in [0.717, 1.165) is 17.9 Å². The highest BCUT2D eigenvalue weighted by atomic mass is 32.2. The highest BCUT2D eigenvalue weighted by molar-refractivity contribution is 7.90. The molecule has 0 saturated carbocycles. The van der Waals surface area contributed by atoms with Gasteiger partial charge in [-0.25, -0.2) is 8.42 Å². The van der Waals surface area contributed by atoms with Gasteiger partial charge < -0.3 is 15.4 Å². The van der Waals surface area contributed by atoms with Crippen molar-refractivity contribution in [2.24, 2.45) is 5.73 Å². The summed E-state index contributed by atoms with van der Waals surface area (Å²) < 4.78 is 27.9. The normalized spacial score (nSPS) is 11.3. The molecule has 0 saturated heterocycles. The van der Waals surface area contributed by atoms with Gasteiger partial charge in [0.05, 0.1) is 18.6 Å². The van der Waals surface area contributed by atoms with Crippen molar-refractivity contribution in [3.05, 3.63) is 24.3 Å². The first kappa shape index (κ1) is 15.8. The fourth-order valence-corrected chi connectivity index (χ4v) is 2.35. The number of hydrogen-bond donors (Lipinski definition) is 1. The van der Waals surface area contributed by atoms with Gasteiger partial charge in [0.25, 0.3) is 0 Å². The van der Waals surface area contributed by atoms with Crippen LogP contribution < -0.4 is 15.4 Å². The monoisotopic (exact) mass is 286 g/mol. The van der Waals surface area contributed by atoms with Crippen LogP contribution in [-0.2, 0) is 9.84 Å². The quantitative estimate of drug-likeness (QED) is 0.768. The van der Waals surface area contributed by atoms with Gasteiger partial charge in [0.1, 0.15) is 15.6 Å². The van der Waals surface area contributed by atoms with Crippen molar-refractivity contribution in [1.82, 2.24) is 0 Å². The van der Waals surface area contributed by atoms with Crippen LogP contribution in [0.4, 0.5) is 5.69 Å². The van der Waals surface area contributed by atoms with Gasteiger partial charge in [-0.3, -0.25) is 0 Å². The average molecular weight is 286 g/mol. The van der Waals surface area contributed by atoms with Gasteiger partial charge in [-0.05, 0) is 25.1 Å². The number of methoxy groups -OCH3 is 1. The summed E-state index contributed by atoms with van der Waals surface area (Å²) in [5, 5.41) is 0. The van der Waals surface area contributed by atoms with Crippen LogP contribution in [0.25, 0.3) is 0 Å². The number of para-hydroxylation sites is 2. The molecule has 1 aromatic carbocycles. The molecule has 0 unspecified atom stereocenters. The van der Waals surface area contributed by atoms with Gasteiger partial charge in [-0.15, -0.1) is 0 Å². The van der Waals surface area contributed by atoms with E-state index in [1.165, 1.54) is 6.26 Å². The highest BCUT2D eigenvalue weighted by Gasteiger charge is 2.13. The zero-order valence-corrected chi connectivity index (χ0v) is 12.3. The molecule has 0 amide bonds. The van der Waals surface area contributed by atoms with Gasteiger partial charge in [0.15, 0.2) is 0 Å². The summed E-state index contributed by atoms with van der Waals surface area (Å²) in [5.74, 6) is 0.864. The third-order valence-electron chi connectivity index (χ3n) is 2.79. The van der Waals surface area contributed by atoms with Crippen LogP contribution in [0.15, 0.2) is 24.3 Å². The molecule has 0 atom stereocenters. The van der Waals surface area contributed by atoms with Crippen molar-refractivity contribution in [1.29, 1.82) is 0 Å². The topological polar surface area (TPSA) is 72.6 Å². The molecule has 1 aromatic rings. The fraction of sp³-hybridized carbons (Fsp3) is 0.538. The first-order chi connectivity index (χ1) is 8.98. The molecule has 19 heavy (non-hydrogen) atoms. The number of anilines is 1. The summed E-state index contributed by atoms with van der Waals surface area (Å²) in [6.07, 6.45) is 2.05. The molecule has 108 valence electrons. The molecule has 5 nitrogen and oxygen atoms in total. The zero-order chi connectivity index (χ0) is 14.3. The van der Waals surface area contributed by atoms with E-state index in [-0.39, 0.29) is 5.75 Å². The maximum absolute atomic E-state index is 11.3. The summed E-state index contributed by atoms with van der Waals surface area (Å²) in [7, 11) is -1.38. The number of ether oxygens (including phenoxy) is 1. The summed E-state index contributed by atoms with van der Waals surface area (Å²) in [6, 6.07) is 7.59. The number of rotatable bonds is 8. The lowest BCUT2D eigenvalue weighted by molar-refractivity contribution is 0.414. The van der Waals surface area contributed by atoms with Crippen molar-refractivity contribution >= 4 is 15.5 Å². The SMILES string of the molecule is COc1ccccc1N(CCCN)CCS(C)(=O)=O.